The third-order valence-electron chi connectivity index (χ3n) is 4.48. The predicted molar refractivity (Wildman–Crippen MR) is 64.7 cm³/mol. The van der Waals surface area contributed by atoms with Crippen molar-refractivity contribution in [1.82, 2.24) is 0 Å². The molecule has 1 saturated carbocycles. The summed E-state index contributed by atoms with van der Waals surface area (Å²) in [5.41, 5.74) is 7.99. The maximum Gasteiger partial charge on any atom is 0.0131 e. The molecule has 0 amide bonds. The van der Waals surface area contributed by atoms with E-state index >= 15 is 0 Å². The molecule has 1 heteroatoms. The van der Waals surface area contributed by atoms with Crippen LogP contribution in [-0.2, 0) is 0 Å². The Balaban J connectivity index is 2.30. The average Bonchev–Trinajstić information content (AvgIpc) is 2.29. The van der Waals surface area contributed by atoms with E-state index in [9.17, 15) is 0 Å². The van der Waals surface area contributed by atoms with Crippen LogP contribution < -0.4 is 5.73 Å². The summed E-state index contributed by atoms with van der Waals surface area (Å²) in [5, 5.41) is 0. The van der Waals surface area contributed by atoms with Crippen molar-refractivity contribution < 1.29 is 0 Å². The zero-order valence-corrected chi connectivity index (χ0v) is 9.90. The molecule has 4 unspecified atom stereocenters. The number of hydrogen-bond acceptors (Lipinski definition) is 1. The van der Waals surface area contributed by atoms with Crippen LogP contribution in [0.5, 0.6) is 0 Å². The monoisotopic (exact) mass is 203 g/mol. The standard InChI is InChI=1S/C14H21N/c1-4-14(3)12(10(2)13(14)15)11-8-6-5-7-9-11/h5-10,12-13H,4,15H2,1-3H3. The summed E-state index contributed by atoms with van der Waals surface area (Å²) < 4.78 is 0. The van der Waals surface area contributed by atoms with E-state index in [1.807, 2.05) is 0 Å². The third-order valence-corrected chi connectivity index (χ3v) is 4.48. The molecule has 4 atom stereocenters. The first-order chi connectivity index (χ1) is 7.11. The van der Waals surface area contributed by atoms with E-state index in [0.29, 0.717) is 23.3 Å². The lowest BCUT2D eigenvalue weighted by atomic mass is 9.49. The smallest absolute Gasteiger partial charge is 0.0131 e. The van der Waals surface area contributed by atoms with Crippen molar-refractivity contribution in [2.75, 3.05) is 0 Å². The molecule has 1 aromatic carbocycles. The second-order valence-corrected chi connectivity index (χ2v) is 5.13. The molecule has 0 heterocycles. The van der Waals surface area contributed by atoms with Crippen molar-refractivity contribution >= 4 is 0 Å². The van der Waals surface area contributed by atoms with E-state index in [2.05, 4.69) is 51.1 Å². The van der Waals surface area contributed by atoms with Gasteiger partial charge in [0, 0.05) is 6.04 Å². The molecule has 82 valence electrons. The minimum atomic E-state index is 0.292. The van der Waals surface area contributed by atoms with Crippen molar-refractivity contribution in [3.8, 4) is 0 Å². The zero-order valence-electron chi connectivity index (χ0n) is 9.90. The third kappa shape index (κ3) is 1.41. The maximum atomic E-state index is 6.24. The van der Waals surface area contributed by atoms with Crippen LogP contribution in [0.25, 0.3) is 0 Å². The van der Waals surface area contributed by atoms with Gasteiger partial charge in [0.25, 0.3) is 0 Å². The van der Waals surface area contributed by atoms with E-state index < -0.39 is 0 Å². The molecule has 0 spiro atoms. The Hall–Kier alpha value is -0.820. The molecule has 1 aliphatic carbocycles. The topological polar surface area (TPSA) is 26.0 Å². The van der Waals surface area contributed by atoms with Crippen LogP contribution in [-0.4, -0.2) is 6.04 Å². The molecule has 15 heavy (non-hydrogen) atoms. The predicted octanol–water partition coefficient (Wildman–Crippen LogP) is 3.16. The van der Waals surface area contributed by atoms with E-state index in [4.69, 9.17) is 5.73 Å². The largest absolute Gasteiger partial charge is 0.327 e. The highest BCUT2D eigenvalue weighted by Crippen LogP contribution is 2.57. The van der Waals surface area contributed by atoms with Gasteiger partial charge in [0.1, 0.15) is 0 Å². The van der Waals surface area contributed by atoms with Crippen LogP contribution in [0, 0.1) is 11.3 Å². The molecule has 0 aliphatic heterocycles. The van der Waals surface area contributed by atoms with E-state index in [1.54, 1.807) is 0 Å². The Bertz CT molecular complexity index is 332. The van der Waals surface area contributed by atoms with Crippen LogP contribution in [0.3, 0.4) is 0 Å². The quantitative estimate of drug-likeness (QED) is 0.785. The average molecular weight is 203 g/mol. The summed E-state index contributed by atoms with van der Waals surface area (Å²) >= 11 is 0. The Labute approximate surface area is 92.7 Å². The minimum Gasteiger partial charge on any atom is -0.327 e. The lowest BCUT2D eigenvalue weighted by molar-refractivity contribution is 0.00362. The fourth-order valence-electron chi connectivity index (χ4n) is 3.30. The highest BCUT2D eigenvalue weighted by Gasteiger charge is 2.54. The Morgan fingerprint density at radius 2 is 1.87 bits per heavy atom. The first-order valence-corrected chi connectivity index (χ1v) is 5.91. The summed E-state index contributed by atoms with van der Waals surface area (Å²) in [5.74, 6) is 1.25. The SMILES string of the molecule is CCC1(C)C(N)C(C)C1c1ccccc1. The van der Waals surface area contributed by atoms with Crippen LogP contribution in [0.2, 0.25) is 0 Å². The van der Waals surface area contributed by atoms with Gasteiger partial charge in [-0.05, 0) is 29.2 Å². The highest BCUT2D eigenvalue weighted by molar-refractivity contribution is 5.29. The lowest BCUT2D eigenvalue weighted by Gasteiger charge is -2.58. The summed E-state index contributed by atoms with van der Waals surface area (Å²) in [6, 6.07) is 11.2. The molecule has 1 nitrogen and oxygen atoms in total. The Kier molecular flexibility index (Phi) is 2.59. The van der Waals surface area contributed by atoms with Gasteiger partial charge in [0.05, 0.1) is 0 Å². The van der Waals surface area contributed by atoms with Crippen LogP contribution in [0.1, 0.15) is 38.7 Å². The number of hydrogen-bond donors (Lipinski definition) is 1. The van der Waals surface area contributed by atoms with Gasteiger partial charge in [-0.25, -0.2) is 0 Å². The van der Waals surface area contributed by atoms with Crippen molar-refractivity contribution in [3.05, 3.63) is 35.9 Å². The van der Waals surface area contributed by atoms with Crippen molar-refractivity contribution in [2.45, 2.75) is 39.2 Å². The Morgan fingerprint density at radius 3 is 2.40 bits per heavy atom. The van der Waals surface area contributed by atoms with Crippen molar-refractivity contribution in [3.63, 3.8) is 0 Å². The molecule has 1 aliphatic rings. The van der Waals surface area contributed by atoms with Gasteiger partial charge in [0.15, 0.2) is 0 Å². The fraction of sp³-hybridized carbons (Fsp3) is 0.571. The molecule has 2 rings (SSSR count). The molecule has 1 fully saturated rings. The highest BCUT2D eigenvalue weighted by atomic mass is 14.8. The minimum absolute atomic E-state index is 0.292. The summed E-state index contributed by atoms with van der Waals surface area (Å²) in [6.45, 7) is 6.86. The van der Waals surface area contributed by atoms with Gasteiger partial charge in [-0.15, -0.1) is 0 Å². The first-order valence-electron chi connectivity index (χ1n) is 5.91. The fourth-order valence-corrected chi connectivity index (χ4v) is 3.30. The molecule has 0 bridgehead atoms. The molecular weight excluding hydrogens is 182 g/mol. The van der Waals surface area contributed by atoms with E-state index in [1.165, 1.54) is 5.56 Å². The van der Waals surface area contributed by atoms with Gasteiger partial charge >= 0.3 is 0 Å². The van der Waals surface area contributed by atoms with Crippen LogP contribution >= 0.6 is 0 Å². The molecule has 0 aromatic heterocycles. The van der Waals surface area contributed by atoms with Gasteiger partial charge in [0.2, 0.25) is 0 Å². The van der Waals surface area contributed by atoms with Crippen LogP contribution in [0.15, 0.2) is 30.3 Å². The van der Waals surface area contributed by atoms with Crippen molar-refractivity contribution in [2.24, 2.45) is 17.1 Å². The van der Waals surface area contributed by atoms with Gasteiger partial charge in [-0.3, -0.25) is 0 Å². The normalized spacial score (nSPS) is 39.9. The van der Waals surface area contributed by atoms with Gasteiger partial charge in [-0.1, -0.05) is 51.1 Å². The Morgan fingerprint density at radius 1 is 1.27 bits per heavy atom. The van der Waals surface area contributed by atoms with Crippen LogP contribution in [0.4, 0.5) is 0 Å². The lowest BCUT2D eigenvalue weighted by Crippen LogP contribution is -2.60. The number of nitrogens with two attached hydrogens (primary N) is 1. The second-order valence-electron chi connectivity index (χ2n) is 5.13. The maximum absolute atomic E-state index is 6.24. The molecule has 1 aromatic rings. The first kappa shape index (κ1) is 10.7. The summed E-state index contributed by atoms with van der Waals surface area (Å²) in [7, 11) is 0. The zero-order chi connectivity index (χ0) is 11.1. The number of rotatable bonds is 2. The summed E-state index contributed by atoms with van der Waals surface area (Å²) in [4.78, 5) is 0. The van der Waals surface area contributed by atoms with Gasteiger partial charge < -0.3 is 5.73 Å². The van der Waals surface area contributed by atoms with Gasteiger partial charge in [-0.2, -0.15) is 0 Å². The summed E-state index contributed by atoms with van der Waals surface area (Å²) in [6.07, 6.45) is 1.16. The van der Waals surface area contributed by atoms with E-state index in [-0.39, 0.29) is 0 Å². The molecule has 0 saturated heterocycles. The molecular formula is C14H21N. The van der Waals surface area contributed by atoms with E-state index in [0.717, 1.165) is 6.42 Å². The molecule has 0 radical (unpaired) electrons. The molecule has 2 N–H and O–H groups in total. The van der Waals surface area contributed by atoms with Crippen molar-refractivity contribution in [1.29, 1.82) is 0 Å². The second kappa shape index (κ2) is 3.64. The number of benzene rings is 1.